The number of halogens is 1. The van der Waals surface area contributed by atoms with E-state index in [-0.39, 0.29) is 23.6 Å². The van der Waals surface area contributed by atoms with Gasteiger partial charge in [0.2, 0.25) is 5.95 Å². The van der Waals surface area contributed by atoms with Crippen LogP contribution in [0.1, 0.15) is 68.5 Å². The minimum Gasteiger partial charge on any atom is -0.444 e. The topological polar surface area (TPSA) is 119 Å². The maximum atomic E-state index is 13.3. The maximum absolute atomic E-state index is 13.3. The van der Waals surface area contributed by atoms with Crippen LogP contribution in [-0.2, 0) is 4.74 Å². The Kier molecular flexibility index (Phi) is 8.08. The third-order valence-electron chi connectivity index (χ3n) is 7.08. The summed E-state index contributed by atoms with van der Waals surface area (Å²) in [5.41, 5.74) is 1.54. The van der Waals surface area contributed by atoms with Gasteiger partial charge in [-0.3, -0.25) is 15.1 Å². The van der Waals surface area contributed by atoms with Crippen molar-refractivity contribution in [2.24, 2.45) is 0 Å². The van der Waals surface area contributed by atoms with Gasteiger partial charge < -0.3 is 23.8 Å². The molecule has 0 radical (unpaired) electrons. The Hall–Kier alpha value is -3.86. The summed E-state index contributed by atoms with van der Waals surface area (Å²) in [7, 11) is 0. The van der Waals surface area contributed by atoms with Crippen LogP contribution in [0.5, 0.6) is 5.75 Å². The molecular weight excluding hydrogens is 548 g/mol. The zero-order chi connectivity index (χ0) is 29.3. The number of pyridine rings is 1. The predicted molar refractivity (Wildman–Crippen MR) is 155 cm³/mol. The first-order chi connectivity index (χ1) is 19.5. The minimum absolute atomic E-state index is 0.253. The number of carbonyl (C=O) groups is 3. The molecule has 0 spiro atoms. The SMILES string of the molecule is Cc1cc(C(=O)Nc2nc3cc(OC(=O)N4CCC4)cc(Cl)c3n2[C@@H]2CCCCN(C(=O)OC(C)(C)C)C2)ccn1. The first kappa shape index (κ1) is 28.7. The molecule has 2 aromatic heterocycles. The Morgan fingerprint density at radius 2 is 1.78 bits per heavy atom. The van der Waals surface area contributed by atoms with Crippen molar-refractivity contribution in [2.45, 2.75) is 65.0 Å². The summed E-state index contributed by atoms with van der Waals surface area (Å²) in [6, 6.07) is 6.30. The van der Waals surface area contributed by atoms with Crippen molar-refractivity contribution in [3.8, 4) is 5.75 Å². The molecule has 5 rings (SSSR count). The van der Waals surface area contributed by atoms with Gasteiger partial charge in [0.15, 0.2) is 0 Å². The summed E-state index contributed by atoms with van der Waals surface area (Å²) < 4.78 is 13.1. The lowest BCUT2D eigenvalue weighted by Crippen LogP contribution is -2.43. The van der Waals surface area contributed by atoms with Gasteiger partial charge in [0.25, 0.3) is 5.91 Å². The number of aryl methyl sites for hydroxylation is 1. The summed E-state index contributed by atoms with van der Waals surface area (Å²) in [6.45, 7) is 9.54. The third-order valence-corrected chi connectivity index (χ3v) is 7.37. The van der Waals surface area contributed by atoms with E-state index in [1.807, 2.05) is 32.3 Å². The molecule has 41 heavy (non-hydrogen) atoms. The van der Waals surface area contributed by atoms with Crippen LogP contribution in [0.4, 0.5) is 15.5 Å². The average Bonchev–Trinajstić information content (AvgIpc) is 3.02. The van der Waals surface area contributed by atoms with Crippen LogP contribution in [0.15, 0.2) is 30.5 Å². The number of hydrogen-bond acceptors (Lipinski definition) is 7. The van der Waals surface area contributed by atoms with E-state index in [1.54, 1.807) is 40.3 Å². The van der Waals surface area contributed by atoms with Crippen molar-refractivity contribution in [2.75, 3.05) is 31.5 Å². The number of ether oxygens (including phenoxy) is 2. The predicted octanol–water partition coefficient (Wildman–Crippen LogP) is 5.81. The van der Waals surface area contributed by atoms with Crippen LogP contribution < -0.4 is 10.1 Å². The van der Waals surface area contributed by atoms with Crippen LogP contribution >= 0.6 is 11.6 Å². The fourth-order valence-corrected chi connectivity index (χ4v) is 5.30. The summed E-state index contributed by atoms with van der Waals surface area (Å²) in [5.74, 6) is 0.191. The lowest BCUT2D eigenvalue weighted by atomic mass is 10.1. The minimum atomic E-state index is -0.629. The van der Waals surface area contributed by atoms with Crippen LogP contribution in [0.25, 0.3) is 11.0 Å². The Bertz CT molecular complexity index is 1480. The van der Waals surface area contributed by atoms with E-state index in [1.165, 1.54) is 0 Å². The van der Waals surface area contributed by atoms with Crippen molar-refractivity contribution in [3.63, 3.8) is 0 Å². The Morgan fingerprint density at radius 1 is 1.02 bits per heavy atom. The molecule has 1 N–H and O–H groups in total. The van der Waals surface area contributed by atoms with Gasteiger partial charge in [-0.2, -0.15) is 0 Å². The van der Waals surface area contributed by atoms with Gasteiger partial charge in [-0.05, 0) is 65.5 Å². The second-order valence-corrected chi connectivity index (χ2v) is 11.9. The van der Waals surface area contributed by atoms with Gasteiger partial charge in [0.05, 0.1) is 22.1 Å². The van der Waals surface area contributed by atoms with Gasteiger partial charge in [-0.1, -0.05) is 11.6 Å². The summed E-state index contributed by atoms with van der Waals surface area (Å²) in [4.78, 5) is 51.0. The number of likely N-dealkylation sites (tertiary alicyclic amines) is 2. The Labute approximate surface area is 243 Å². The molecule has 2 saturated heterocycles. The van der Waals surface area contributed by atoms with Crippen molar-refractivity contribution < 1.29 is 23.9 Å². The summed E-state index contributed by atoms with van der Waals surface area (Å²) in [6.07, 6.45) is 4.08. The molecule has 1 atom stereocenters. The number of carbonyl (C=O) groups excluding carboxylic acids is 3. The van der Waals surface area contributed by atoms with E-state index in [9.17, 15) is 14.4 Å². The van der Waals surface area contributed by atoms with Crippen LogP contribution in [0, 0.1) is 6.92 Å². The molecule has 11 nitrogen and oxygen atoms in total. The molecule has 2 aliphatic rings. The van der Waals surface area contributed by atoms with Gasteiger partial charge >= 0.3 is 12.2 Å². The summed E-state index contributed by atoms with van der Waals surface area (Å²) in [5, 5.41) is 3.26. The number of nitrogens with one attached hydrogen (secondary N) is 1. The van der Waals surface area contributed by atoms with Crippen LogP contribution in [-0.4, -0.2) is 74.2 Å². The normalized spacial score (nSPS) is 17.5. The highest BCUT2D eigenvalue weighted by molar-refractivity contribution is 6.35. The average molecular weight is 583 g/mol. The summed E-state index contributed by atoms with van der Waals surface area (Å²) >= 11 is 6.82. The maximum Gasteiger partial charge on any atom is 0.415 e. The van der Waals surface area contributed by atoms with Gasteiger partial charge in [0, 0.05) is 55.8 Å². The van der Waals surface area contributed by atoms with E-state index >= 15 is 0 Å². The molecule has 2 aliphatic heterocycles. The van der Waals surface area contributed by atoms with E-state index < -0.39 is 17.8 Å². The Morgan fingerprint density at radius 3 is 2.46 bits per heavy atom. The number of benzene rings is 1. The van der Waals surface area contributed by atoms with Crippen molar-refractivity contribution in [1.29, 1.82) is 0 Å². The fourth-order valence-electron chi connectivity index (χ4n) is 5.01. The second kappa shape index (κ2) is 11.6. The highest BCUT2D eigenvalue weighted by Gasteiger charge is 2.31. The fraction of sp³-hybridized carbons (Fsp3) is 0.483. The van der Waals surface area contributed by atoms with E-state index in [4.69, 9.17) is 26.1 Å². The molecule has 0 saturated carbocycles. The van der Waals surface area contributed by atoms with Gasteiger partial charge in [-0.25, -0.2) is 14.6 Å². The number of anilines is 1. The van der Waals surface area contributed by atoms with E-state index in [0.717, 1.165) is 25.7 Å². The molecule has 3 amide bonds. The second-order valence-electron chi connectivity index (χ2n) is 11.5. The number of amides is 3. The molecule has 0 unspecified atom stereocenters. The smallest absolute Gasteiger partial charge is 0.415 e. The van der Waals surface area contributed by atoms with Crippen LogP contribution in [0.2, 0.25) is 5.02 Å². The molecule has 12 heteroatoms. The third kappa shape index (κ3) is 6.56. The highest BCUT2D eigenvalue weighted by atomic mass is 35.5. The molecule has 0 aliphatic carbocycles. The number of fused-ring (bicyclic) bond motifs is 1. The zero-order valence-electron chi connectivity index (χ0n) is 23.8. The number of rotatable bonds is 4. The lowest BCUT2D eigenvalue weighted by molar-refractivity contribution is 0.0238. The first-order valence-electron chi connectivity index (χ1n) is 13.9. The zero-order valence-corrected chi connectivity index (χ0v) is 24.5. The molecule has 0 bridgehead atoms. The molecule has 3 aromatic rings. The molecular formula is C29H35ClN6O5. The molecule has 4 heterocycles. The van der Waals surface area contributed by atoms with Crippen molar-refractivity contribution >= 4 is 46.7 Å². The number of aromatic nitrogens is 3. The lowest BCUT2D eigenvalue weighted by Gasteiger charge is -2.30. The Balaban J connectivity index is 1.53. The molecule has 1 aromatic carbocycles. The molecule has 2 fully saturated rings. The van der Waals surface area contributed by atoms with E-state index in [2.05, 4.69) is 10.3 Å². The quantitative estimate of drug-likeness (QED) is 0.412. The number of imidazole rings is 1. The van der Waals surface area contributed by atoms with Gasteiger partial charge in [0.1, 0.15) is 11.4 Å². The monoisotopic (exact) mass is 582 g/mol. The highest BCUT2D eigenvalue weighted by Crippen LogP contribution is 2.37. The largest absolute Gasteiger partial charge is 0.444 e. The van der Waals surface area contributed by atoms with Crippen molar-refractivity contribution in [3.05, 3.63) is 46.7 Å². The standard InChI is InChI=1S/C29H35ClN6O5/c1-18-14-19(9-10-31-18)25(37)33-26-32-23-16-21(40-27(38)34-12-7-13-34)15-22(30)24(23)36(26)20-8-5-6-11-35(17-20)28(39)41-29(2,3)4/h9-10,14-16,20H,5-8,11-13,17H2,1-4H3,(H,32,33,37)/t20-/m1/s1. The van der Waals surface area contributed by atoms with Crippen LogP contribution in [0.3, 0.4) is 0 Å². The first-order valence-corrected chi connectivity index (χ1v) is 14.3. The van der Waals surface area contributed by atoms with Gasteiger partial charge in [-0.15, -0.1) is 0 Å². The van der Waals surface area contributed by atoms with Crippen molar-refractivity contribution in [1.82, 2.24) is 24.3 Å². The molecule has 218 valence electrons. The number of hydrogen-bond donors (Lipinski definition) is 1. The number of nitrogens with zero attached hydrogens (tertiary/aromatic N) is 5. The van der Waals surface area contributed by atoms with E-state index in [0.29, 0.717) is 53.5 Å².